The van der Waals surface area contributed by atoms with Gasteiger partial charge in [0.15, 0.2) is 0 Å². The van der Waals surface area contributed by atoms with Gasteiger partial charge in [0.05, 0.1) is 39.4 Å². The second-order valence-corrected chi connectivity index (χ2v) is 7.85. The van der Waals surface area contributed by atoms with Gasteiger partial charge in [-0.05, 0) is 30.7 Å². The van der Waals surface area contributed by atoms with E-state index in [0.29, 0.717) is 34.1 Å². The van der Waals surface area contributed by atoms with E-state index in [1.165, 1.54) is 7.11 Å². The molecule has 0 saturated carbocycles. The first-order valence-electron chi connectivity index (χ1n) is 10.7. The van der Waals surface area contributed by atoms with Crippen LogP contribution in [0.4, 0.5) is 0 Å². The highest BCUT2D eigenvalue weighted by Crippen LogP contribution is 2.42. The molecular formula is C26H26N2O6. The summed E-state index contributed by atoms with van der Waals surface area (Å²) in [6, 6.07) is 16.4. The lowest BCUT2D eigenvalue weighted by Gasteiger charge is -2.29. The molecule has 4 rings (SSSR count). The third kappa shape index (κ3) is 3.98. The second-order valence-electron chi connectivity index (χ2n) is 7.85. The lowest BCUT2D eigenvalue weighted by Crippen LogP contribution is -2.35. The van der Waals surface area contributed by atoms with E-state index >= 15 is 0 Å². The molecule has 0 amide bonds. The van der Waals surface area contributed by atoms with E-state index < -0.39 is 11.9 Å². The largest absolute Gasteiger partial charge is 0.497 e. The molecule has 3 aromatic rings. The predicted octanol–water partition coefficient (Wildman–Crippen LogP) is 3.09. The molecule has 0 aliphatic carbocycles. The van der Waals surface area contributed by atoms with Crippen LogP contribution >= 0.6 is 0 Å². The molecule has 0 bridgehead atoms. The fraction of sp³-hybridized carbons (Fsp3) is 0.231. The number of esters is 1. The molecule has 2 heterocycles. The number of ether oxygens (including phenoxy) is 4. The van der Waals surface area contributed by atoms with Gasteiger partial charge in [0, 0.05) is 17.3 Å². The topological polar surface area (TPSA) is 102 Å². The van der Waals surface area contributed by atoms with Gasteiger partial charge in [0.1, 0.15) is 22.8 Å². The first kappa shape index (κ1) is 23.0. The van der Waals surface area contributed by atoms with Crippen LogP contribution in [-0.2, 0) is 16.1 Å². The molecule has 0 radical (unpaired) electrons. The second kappa shape index (κ2) is 9.35. The van der Waals surface area contributed by atoms with Gasteiger partial charge in [0.25, 0.3) is 5.56 Å². The maximum atomic E-state index is 13.9. The SMILES string of the molecule is COC(=O)C1=C(N)Oc2cc(C)n(Cc3ccccc3OC)c(=O)c2C1c1cccc(OC)c1. The molecule has 1 atom stereocenters. The first-order valence-corrected chi connectivity index (χ1v) is 10.7. The molecule has 176 valence electrons. The van der Waals surface area contributed by atoms with E-state index in [1.807, 2.05) is 37.3 Å². The minimum absolute atomic E-state index is 0.0630. The van der Waals surface area contributed by atoms with E-state index in [-0.39, 0.29) is 23.6 Å². The number of hydrogen-bond donors (Lipinski definition) is 1. The van der Waals surface area contributed by atoms with Crippen LogP contribution in [0.2, 0.25) is 0 Å². The number of rotatable bonds is 6. The summed E-state index contributed by atoms with van der Waals surface area (Å²) < 4.78 is 23.2. The summed E-state index contributed by atoms with van der Waals surface area (Å²) >= 11 is 0. The van der Waals surface area contributed by atoms with Crippen molar-refractivity contribution in [3.05, 3.63) is 98.8 Å². The van der Waals surface area contributed by atoms with Crippen LogP contribution in [0.3, 0.4) is 0 Å². The standard InChI is InChI=1S/C26H26N2O6/c1-15-12-20-22(25(29)28(15)14-17-8-5-6-11-19(17)32-3)21(16-9-7-10-18(13-16)31-2)23(24(27)34-20)26(30)33-4/h5-13,21H,14,27H2,1-4H3. The van der Waals surface area contributed by atoms with Crippen molar-refractivity contribution in [2.45, 2.75) is 19.4 Å². The number of aryl methyl sites for hydroxylation is 1. The Labute approximate surface area is 197 Å². The Morgan fingerprint density at radius 2 is 1.82 bits per heavy atom. The number of hydrogen-bond acceptors (Lipinski definition) is 7. The molecule has 1 unspecified atom stereocenters. The molecule has 34 heavy (non-hydrogen) atoms. The van der Waals surface area contributed by atoms with Gasteiger partial charge in [-0.2, -0.15) is 0 Å². The average molecular weight is 463 g/mol. The van der Waals surface area contributed by atoms with Crippen molar-refractivity contribution >= 4 is 5.97 Å². The van der Waals surface area contributed by atoms with Crippen molar-refractivity contribution in [1.82, 2.24) is 4.57 Å². The van der Waals surface area contributed by atoms with E-state index in [1.54, 1.807) is 43.1 Å². The molecule has 1 aromatic heterocycles. The average Bonchev–Trinajstić information content (AvgIpc) is 2.85. The van der Waals surface area contributed by atoms with Crippen molar-refractivity contribution in [2.24, 2.45) is 5.73 Å². The predicted molar refractivity (Wildman–Crippen MR) is 126 cm³/mol. The fourth-order valence-corrected chi connectivity index (χ4v) is 4.25. The van der Waals surface area contributed by atoms with E-state index in [2.05, 4.69) is 0 Å². The van der Waals surface area contributed by atoms with Crippen LogP contribution in [-0.4, -0.2) is 31.9 Å². The number of aromatic nitrogens is 1. The number of benzene rings is 2. The summed E-state index contributed by atoms with van der Waals surface area (Å²) in [5.41, 5.74) is 8.39. The number of pyridine rings is 1. The quantitative estimate of drug-likeness (QED) is 0.562. The Balaban J connectivity index is 1.95. The van der Waals surface area contributed by atoms with Crippen LogP contribution in [0.1, 0.15) is 28.3 Å². The molecule has 1 aliphatic rings. The Morgan fingerprint density at radius 3 is 2.53 bits per heavy atom. The number of para-hydroxylation sites is 1. The zero-order valence-corrected chi connectivity index (χ0v) is 19.5. The summed E-state index contributed by atoms with van der Waals surface area (Å²) in [4.78, 5) is 26.7. The van der Waals surface area contributed by atoms with Crippen molar-refractivity contribution in [2.75, 3.05) is 21.3 Å². The monoisotopic (exact) mass is 462 g/mol. The Morgan fingerprint density at radius 1 is 1.06 bits per heavy atom. The van der Waals surface area contributed by atoms with Crippen LogP contribution in [0.25, 0.3) is 0 Å². The zero-order chi connectivity index (χ0) is 24.4. The van der Waals surface area contributed by atoms with Gasteiger partial charge in [-0.15, -0.1) is 0 Å². The highest BCUT2D eigenvalue weighted by molar-refractivity contribution is 5.92. The highest BCUT2D eigenvalue weighted by Gasteiger charge is 2.38. The number of fused-ring (bicyclic) bond motifs is 1. The number of methoxy groups -OCH3 is 3. The van der Waals surface area contributed by atoms with Crippen LogP contribution < -0.4 is 25.5 Å². The minimum Gasteiger partial charge on any atom is -0.497 e. The molecule has 8 heteroatoms. The van der Waals surface area contributed by atoms with Gasteiger partial charge in [0.2, 0.25) is 5.88 Å². The smallest absolute Gasteiger partial charge is 0.340 e. The van der Waals surface area contributed by atoms with Gasteiger partial charge in [-0.25, -0.2) is 4.79 Å². The number of carbonyl (C=O) groups is 1. The van der Waals surface area contributed by atoms with Gasteiger partial charge < -0.3 is 29.2 Å². The van der Waals surface area contributed by atoms with Crippen molar-refractivity contribution in [1.29, 1.82) is 0 Å². The van der Waals surface area contributed by atoms with E-state index in [4.69, 9.17) is 24.7 Å². The van der Waals surface area contributed by atoms with Crippen LogP contribution in [0.5, 0.6) is 17.2 Å². The Bertz CT molecular complexity index is 1340. The van der Waals surface area contributed by atoms with Gasteiger partial charge in [-0.3, -0.25) is 4.79 Å². The minimum atomic E-state index is -0.802. The summed E-state index contributed by atoms with van der Waals surface area (Å²) in [7, 11) is 4.39. The number of nitrogens with two attached hydrogens (primary N) is 1. The molecule has 0 spiro atoms. The third-order valence-corrected chi connectivity index (χ3v) is 5.92. The van der Waals surface area contributed by atoms with Crippen molar-refractivity contribution in [3.8, 4) is 17.2 Å². The normalized spacial score (nSPS) is 14.8. The molecule has 1 aliphatic heterocycles. The lowest BCUT2D eigenvalue weighted by molar-refractivity contribution is -0.136. The van der Waals surface area contributed by atoms with Crippen molar-refractivity contribution < 1.29 is 23.7 Å². The van der Waals surface area contributed by atoms with Crippen LogP contribution in [0.15, 0.2) is 70.8 Å². The fourth-order valence-electron chi connectivity index (χ4n) is 4.25. The van der Waals surface area contributed by atoms with E-state index in [9.17, 15) is 9.59 Å². The molecule has 0 fully saturated rings. The van der Waals surface area contributed by atoms with Crippen molar-refractivity contribution in [3.63, 3.8) is 0 Å². The lowest BCUT2D eigenvalue weighted by atomic mass is 9.83. The summed E-state index contributed by atoms with van der Waals surface area (Å²) in [6.45, 7) is 2.09. The summed E-state index contributed by atoms with van der Waals surface area (Å²) in [6.07, 6.45) is 0. The third-order valence-electron chi connectivity index (χ3n) is 5.92. The zero-order valence-electron chi connectivity index (χ0n) is 19.5. The molecule has 2 N–H and O–H groups in total. The highest BCUT2D eigenvalue weighted by atomic mass is 16.5. The molecule has 0 saturated heterocycles. The maximum Gasteiger partial charge on any atom is 0.340 e. The van der Waals surface area contributed by atoms with Crippen LogP contribution in [0, 0.1) is 6.92 Å². The van der Waals surface area contributed by atoms with Gasteiger partial charge >= 0.3 is 5.97 Å². The number of carbonyl (C=O) groups excluding carboxylic acids is 1. The first-order chi connectivity index (χ1) is 16.4. The maximum absolute atomic E-state index is 13.9. The van der Waals surface area contributed by atoms with Gasteiger partial charge in [-0.1, -0.05) is 30.3 Å². The Hall–Kier alpha value is -4.20. The molecular weight excluding hydrogens is 436 g/mol. The molecule has 2 aromatic carbocycles. The molecule has 8 nitrogen and oxygen atoms in total. The summed E-state index contributed by atoms with van der Waals surface area (Å²) in [5, 5.41) is 0. The Kier molecular flexibility index (Phi) is 6.32. The van der Waals surface area contributed by atoms with E-state index in [0.717, 1.165) is 5.56 Å². The summed E-state index contributed by atoms with van der Waals surface area (Å²) in [5.74, 6) is -0.0259. The number of nitrogens with zero attached hydrogens (tertiary/aromatic N) is 1.